The first-order valence-electron chi connectivity index (χ1n) is 29.6. The lowest BCUT2D eigenvalue weighted by Crippen LogP contribution is -2.47. The van der Waals surface area contributed by atoms with Crippen molar-refractivity contribution in [3.63, 3.8) is 0 Å². The van der Waals surface area contributed by atoms with Gasteiger partial charge in [0.05, 0.1) is 33.8 Å². The number of ether oxygens (including phenoxy) is 1. The Morgan fingerprint density at radius 2 is 0.859 bits per heavy atom. The molecule has 0 aromatic carbocycles. The molecule has 0 aliphatic heterocycles. The van der Waals surface area contributed by atoms with Crippen LogP contribution in [0.1, 0.15) is 265 Å². The number of allylic oxidation sites excluding steroid dienone is 9. The summed E-state index contributed by atoms with van der Waals surface area (Å²) in [4.78, 5) is 39.8. The van der Waals surface area contributed by atoms with Crippen LogP contribution in [0, 0.1) is 0 Å². The van der Waals surface area contributed by atoms with E-state index in [4.69, 9.17) is 13.8 Å². The van der Waals surface area contributed by atoms with Crippen LogP contribution in [0.15, 0.2) is 60.8 Å². The summed E-state index contributed by atoms with van der Waals surface area (Å²) in [5, 5.41) is 3.02. The molecule has 0 radical (unpaired) electrons. The van der Waals surface area contributed by atoms with Crippen molar-refractivity contribution < 1.29 is 37.3 Å². The fraction of sp³-hybridized carbons (Fsp3) is 0.803. The van der Waals surface area contributed by atoms with E-state index >= 15 is 0 Å². The van der Waals surface area contributed by atoms with E-state index in [1.54, 1.807) is 0 Å². The second-order valence-corrected chi connectivity index (χ2v) is 22.6. The zero-order valence-electron chi connectivity index (χ0n) is 47.2. The van der Waals surface area contributed by atoms with Crippen LogP contribution in [0.25, 0.3) is 0 Å². The van der Waals surface area contributed by atoms with Crippen molar-refractivity contribution in [1.29, 1.82) is 0 Å². The first-order valence-corrected chi connectivity index (χ1v) is 31.1. The minimum Gasteiger partial charge on any atom is -0.756 e. The number of phosphoric acid groups is 1. The molecule has 0 spiro atoms. The van der Waals surface area contributed by atoms with Gasteiger partial charge in [0.2, 0.25) is 5.91 Å². The molecule has 3 atom stereocenters. The van der Waals surface area contributed by atoms with Crippen molar-refractivity contribution in [3.05, 3.63) is 60.8 Å². The zero-order chi connectivity index (χ0) is 52.2. The summed E-state index contributed by atoms with van der Waals surface area (Å²) in [5.41, 5.74) is 0. The van der Waals surface area contributed by atoms with Crippen LogP contribution in [0.4, 0.5) is 0 Å². The molecular weight excluding hydrogens is 904 g/mol. The maximum Gasteiger partial charge on any atom is 0.306 e. The number of nitrogens with zero attached hydrogens (tertiary/aromatic N) is 1. The number of hydrogen-bond acceptors (Lipinski definition) is 7. The van der Waals surface area contributed by atoms with Crippen molar-refractivity contribution >= 4 is 19.7 Å². The summed E-state index contributed by atoms with van der Waals surface area (Å²) in [7, 11) is 1.18. The van der Waals surface area contributed by atoms with Crippen molar-refractivity contribution in [3.8, 4) is 0 Å². The maximum atomic E-state index is 13.5. The summed E-state index contributed by atoms with van der Waals surface area (Å²) in [6, 6.07) is -0.892. The fourth-order valence-corrected chi connectivity index (χ4v) is 9.05. The quantitative estimate of drug-likeness (QED) is 0.0212. The van der Waals surface area contributed by atoms with Gasteiger partial charge in [-0.25, -0.2) is 0 Å². The highest BCUT2D eigenvalue weighted by molar-refractivity contribution is 7.45. The highest BCUT2D eigenvalue weighted by atomic mass is 31.2. The molecule has 10 heteroatoms. The van der Waals surface area contributed by atoms with E-state index in [9.17, 15) is 19.0 Å². The minimum absolute atomic E-state index is 0.0251. The molecule has 0 saturated heterocycles. The highest BCUT2D eigenvalue weighted by Gasteiger charge is 2.27. The van der Waals surface area contributed by atoms with Crippen LogP contribution in [-0.4, -0.2) is 69.4 Å². The lowest BCUT2D eigenvalue weighted by molar-refractivity contribution is -0.870. The molecule has 414 valence electrons. The van der Waals surface area contributed by atoms with E-state index < -0.39 is 26.6 Å². The van der Waals surface area contributed by atoms with Crippen LogP contribution in [-0.2, 0) is 27.9 Å². The van der Waals surface area contributed by atoms with Crippen LogP contribution in [0.3, 0.4) is 0 Å². The number of nitrogens with one attached hydrogen (secondary N) is 1. The molecule has 0 aromatic rings. The highest BCUT2D eigenvalue weighted by Crippen LogP contribution is 2.38. The van der Waals surface area contributed by atoms with Crippen LogP contribution < -0.4 is 10.2 Å². The summed E-state index contributed by atoms with van der Waals surface area (Å²) in [6.45, 7) is 6.79. The van der Waals surface area contributed by atoms with Gasteiger partial charge >= 0.3 is 5.97 Å². The van der Waals surface area contributed by atoms with Crippen molar-refractivity contribution in [2.45, 2.75) is 277 Å². The van der Waals surface area contributed by atoms with Gasteiger partial charge in [0.25, 0.3) is 7.82 Å². The molecule has 0 heterocycles. The van der Waals surface area contributed by atoms with Crippen molar-refractivity contribution in [2.24, 2.45) is 0 Å². The van der Waals surface area contributed by atoms with Gasteiger partial charge in [-0.1, -0.05) is 236 Å². The molecule has 0 rings (SSSR count). The Balaban J connectivity index is 5.18. The molecule has 0 fully saturated rings. The van der Waals surface area contributed by atoms with E-state index in [0.717, 1.165) is 89.9 Å². The molecule has 1 amide bonds. The number of phosphoric ester groups is 1. The first kappa shape index (κ1) is 68.7. The third kappa shape index (κ3) is 52.4. The molecule has 71 heavy (non-hydrogen) atoms. The van der Waals surface area contributed by atoms with E-state index in [1.165, 1.54) is 141 Å². The predicted octanol–water partition coefficient (Wildman–Crippen LogP) is 17.3. The number of hydrogen-bond donors (Lipinski definition) is 1. The van der Waals surface area contributed by atoms with Gasteiger partial charge in [0.15, 0.2) is 0 Å². The van der Waals surface area contributed by atoms with Crippen molar-refractivity contribution in [1.82, 2.24) is 5.32 Å². The average Bonchev–Trinajstić information content (AvgIpc) is 3.33. The lowest BCUT2D eigenvalue weighted by Gasteiger charge is -2.30. The molecule has 1 N–H and O–H groups in total. The standard InChI is InChI=1S/C61H113N2O7P/c1-7-10-13-16-19-22-25-26-27-28-29-30-31-32-33-34-35-36-39-41-44-47-50-53-60(64)62-58(57-69-71(66,67)68-56-55-63(4,5)6)59(52-49-46-43-40-37-23-20-17-14-11-8-2)70-61(65)54-51-48-45-42-38-24-21-18-15-12-9-3/h19,22,26-27,29-30,32-33,49,52,58-59H,7-18,20-21,23-25,28,31,34-48,50-51,53-57H2,1-6H3,(H-,62,64,66,67)/b22-19-,27-26-,30-29-,33-32-,52-49-. The molecule has 0 saturated carbocycles. The second-order valence-electron chi connectivity index (χ2n) is 21.2. The molecule has 0 aliphatic carbocycles. The van der Waals surface area contributed by atoms with Gasteiger partial charge in [-0.05, 0) is 76.7 Å². The average molecular weight is 1020 g/mol. The number of rotatable bonds is 53. The monoisotopic (exact) mass is 1020 g/mol. The minimum atomic E-state index is -4.69. The Morgan fingerprint density at radius 3 is 1.31 bits per heavy atom. The Hall–Kier alpha value is -2.29. The molecule has 0 aliphatic rings. The smallest absolute Gasteiger partial charge is 0.306 e. The van der Waals surface area contributed by atoms with Gasteiger partial charge in [-0.2, -0.15) is 0 Å². The number of esters is 1. The van der Waals surface area contributed by atoms with E-state index in [2.05, 4.69) is 74.7 Å². The predicted molar refractivity (Wildman–Crippen MR) is 302 cm³/mol. The molecule has 3 unspecified atom stereocenters. The van der Waals surface area contributed by atoms with Gasteiger partial charge < -0.3 is 28.5 Å². The Labute approximate surface area is 439 Å². The topological polar surface area (TPSA) is 114 Å². The van der Waals surface area contributed by atoms with Gasteiger partial charge in [-0.15, -0.1) is 0 Å². The third-order valence-electron chi connectivity index (χ3n) is 13.0. The number of carbonyl (C=O) groups is 2. The van der Waals surface area contributed by atoms with Crippen LogP contribution in [0.5, 0.6) is 0 Å². The summed E-state index contributed by atoms with van der Waals surface area (Å²) in [6.07, 6.45) is 63.3. The summed E-state index contributed by atoms with van der Waals surface area (Å²) >= 11 is 0. The summed E-state index contributed by atoms with van der Waals surface area (Å²) in [5.74, 6) is -0.551. The molecule has 9 nitrogen and oxygen atoms in total. The van der Waals surface area contributed by atoms with Gasteiger partial charge in [-0.3, -0.25) is 14.2 Å². The number of likely N-dealkylation sites (N-methyl/N-ethyl adjacent to an activating group) is 1. The molecule has 0 aromatic heterocycles. The maximum absolute atomic E-state index is 13.5. The number of quaternary nitrogens is 1. The normalized spacial score (nSPS) is 14.2. The third-order valence-corrected chi connectivity index (χ3v) is 13.9. The number of carbonyl (C=O) groups excluding carboxylic acids is 2. The van der Waals surface area contributed by atoms with Crippen LogP contribution >= 0.6 is 7.82 Å². The van der Waals surface area contributed by atoms with Crippen LogP contribution in [0.2, 0.25) is 0 Å². The summed E-state index contributed by atoms with van der Waals surface area (Å²) < 4.78 is 30.2. The fourth-order valence-electron chi connectivity index (χ4n) is 8.33. The number of unbranched alkanes of at least 4 members (excludes halogenated alkanes) is 29. The van der Waals surface area contributed by atoms with Gasteiger partial charge in [0.1, 0.15) is 19.3 Å². The molecule has 0 bridgehead atoms. The Morgan fingerprint density at radius 1 is 0.493 bits per heavy atom. The Bertz CT molecular complexity index is 1400. The van der Waals surface area contributed by atoms with Gasteiger partial charge in [0, 0.05) is 12.8 Å². The SMILES string of the molecule is CCCCC/C=C\C/C=C\C/C=C\C/C=C\CCCCCCCCCC(=O)NC(COP(=O)([O-])OCC[N+](C)(C)C)C(/C=C\CCCCCCCCCCC)OC(=O)CCCCCCCCCCCCC. The second kappa shape index (κ2) is 51.2. The molecular formula is C61H113N2O7P. The zero-order valence-corrected chi connectivity index (χ0v) is 48.1. The number of amides is 1. The lowest BCUT2D eigenvalue weighted by atomic mass is 10.0. The van der Waals surface area contributed by atoms with E-state index in [1.807, 2.05) is 33.3 Å². The van der Waals surface area contributed by atoms with E-state index in [-0.39, 0.29) is 24.9 Å². The largest absolute Gasteiger partial charge is 0.756 e. The van der Waals surface area contributed by atoms with Crippen molar-refractivity contribution in [2.75, 3.05) is 40.9 Å². The van der Waals surface area contributed by atoms with E-state index in [0.29, 0.717) is 17.4 Å². The first-order chi connectivity index (χ1) is 34.4. The Kier molecular flexibility index (Phi) is 49.6.